The second kappa shape index (κ2) is 4.19. The van der Waals surface area contributed by atoms with Gasteiger partial charge in [0, 0.05) is 0 Å². The van der Waals surface area contributed by atoms with Crippen molar-refractivity contribution in [2.45, 2.75) is 66.1 Å². The summed E-state index contributed by atoms with van der Waals surface area (Å²) < 4.78 is 11.7. The zero-order chi connectivity index (χ0) is 12.6. The molecule has 0 N–H and O–H groups in total. The maximum atomic E-state index is 5.87. The lowest BCUT2D eigenvalue weighted by molar-refractivity contribution is 0.00578. The fourth-order valence-electron chi connectivity index (χ4n) is 1.50. The molecule has 0 aliphatic carbocycles. The molecule has 0 saturated carbocycles. The summed E-state index contributed by atoms with van der Waals surface area (Å²) in [6, 6.07) is 0. The van der Waals surface area contributed by atoms with Gasteiger partial charge >= 0.3 is 7.12 Å². The van der Waals surface area contributed by atoms with E-state index in [2.05, 4.69) is 54.5 Å². The zero-order valence-electron chi connectivity index (χ0n) is 11.8. The fraction of sp³-hybridized carbons (Fsp3) is 0.846. The van der Waals surface area contributed by atoms with Crippen LogP contribution in [-0.4, -0.2) is 18.3 Å². The SMILES string of the molecule is CC(C)(C)CC=CB1OC(C)(C)C(C)(C)O1. The van der Waals surface area contributed by atoms with Crippen LogP contribution in [0, 0.1) is 5.41 Å². The highest BCUT2D eigenvalue weighted by molar-refractivity contribution is 6.51. The van der Waals surface area contributed by atoms with Gasteiger partial charge in [0.2, 0.25) is 0 Å². The van der Waals surface area contributed by atoms with Crippen molar-refractivity contribution in [3.05, 3.63) is 12.1 Å². The second-order valence-electron chi connectivity index (χ2n) is 6.82. The van der Waals surface area contributed by atoms with E-state index in [9.17, 15) is 0 Å². The number of hydrogen-bond acceptors (Lipinski definition) is 2. The van der Waals surface area contributed by atoms with Crippen LogP contribution in [0.2, 0.25) is 0 Å². The van der Waals surface area contributed by atoms with E-state index in [1.807, 2.05) is 5.98 Å². The fourth-order valence-corrected chi connectivity index (χ4v) is 1.50. The van der Waals surface area contributed by atoms with Crippen LogP contribution in [0.1, 0.15) is 54.9 Å². The average Bonchev–Trinajstić information content (AvgIpc) is 2.17. The molecule has 0 aromatic heterocycles. The molecule has 0 aromatic carbocycles. The molecule has 0 unspecified atom stereocenters. The van der Waals surface area contributed by atoms with E-state index in [0.29, 0.717) is 5.41 Å². The van der Waals surface area contributed by atoms with Crippen LogP contribution in [0.25, 0.3) is 0 Å². The van der Waals surface area contributed by atoms with Crippen LogP contribution in [0.5, 0.6) is 0 Å². The van der Waals surface area contributed by atoms with E-state index in [-0.39, 0.29) is 18.3 Å². The van der Waals surface area contributed by atoms with Crippen LogP contribution in [0.3, 0.4) is 0 Å². The van der Waals surface area contributed by atoms with Gasteiger partial charge < -0.3 is 9.31 Å². The molecular formula is C13H25BO2. The molecule has 0 spiro atoms. The van der Waals surface area contributed by atoms with Crippen molar-refractivity contribution in [3.63, 3.8) is 0 Å². The summed E-state index contributed by atoms with van der Waals surface area (Å²) in [5, 5.41) is 0. The molecule has 1 saturated heterocycles. The number of allylic oxidation sites excluding steroid dienone is 1. The predicted molar refractivity (Wildman–Crippen MR) is 69.3 cm³/mol. The van der Waals surface area contributed by atoms with Crippen molar-refractivity contribution in [1.82, 2.24) is 0 Å². The van der Waals surface area contributed by atoms with Crippen LogP contribution in [-0.2, 0) is 9.31 Å². The Bertz CT molecular complexity index is 258. The van der Waals surface area contributed by atoms with Gasteiger partial charge in [-0.15, -0.1) is 0 Å². The third-order valence-corrected chi connectivity index (χ3v) is 3.29. The zero-order valence-corrected chi connectivity index (χ0v) is 11.8. The van der Waals surface area contributed by atoms with Gasteiger partial charge in [0.15, 0.2) is 0 Å². The summed E-state index contributed by atoms with van der Waals surface area (Å²) in [7, 11) is -0.202. The molecule has 0 radical (unpaired) electrons. The summed E-state index contributed by atoms with van der Waals surface area (Å²) in [5.74, 6) is 2.03. The van der Waals surface area contributed by atoms with Gasteiger partial charge in [0.1, 0.15) is 0 Å². The molecule has 0 amide bonds. The summed E-state index contributed by atoms with van der Waals surface area (Å²) in [6.45, 7) is 15.0. The van der Waals surface area contributed by atoms with Crippen molar-refractivity contribution < 1.29 is 9.31 Å². The molecule has 0 atom stereocenters. The van der Waals surface area contributed by atoms with E-state index < -0.39 is 0 Å². The third kappa shape index (κ3) is 3.36. The molecule has 1 rings (SSSR count). The topological polar surface area (TPSA) is 18.5 Å². The average molecular weight is 224 g/mol. The van der Waals surface area contributed by atoms with Gasteiger partial charge in [-0.25, -0.2) is 0 Å². The Kier molecular flexibility index (Phi) is 3.61. The molecule has 92 valence electrons. The van der Waals surface area contributed by atoms with Gasteiger partial charge in [0.25, 0.3) is 0 Å². The molecule has 1 aliphatic heterocycles. The van der Waals surface area contributed by atoms with E-state index in [0.717, 1.165) is 6.42 Å². The minimum atomic E-state index is -0.232. The molecule has 0 aromatic rings. The lowest BCUT2D eigenvalue weighted by atomic mass is 9.85. The highest BCUT2D eigenvalue weighted by Gasteiger charge is 2.49. The Morgan fingerprint density at radius 3 is 1.81 bits per heavy atom. The normalized spacial score (nSPS) is 24.3. The van der Waals surface area contributed by atoms with E-state index >= 15 is 0 Å². The first-order valence-electron chi connectivity index (χ1n) is 6.06. The van der Waals surface area contributed by atoms with Gasteiger partial charge in [-0.1, -0.05) is 32.8 Å². The standard InChI is InChI=1S/C13H25BO2/c1-11(2,3)9-8-10-14-15-12(4,5)13(6,7)16-14/h8,10H,9H2,1-7H3. The maximum Gasteiger partial charge on any atom is 0.486 e. The van der Waals surface area contributed by atoms with Crippen LogP contribution in [0.4, 0.5) is 0 Å². The third-order valence-electron chi connectivity index (χ3n) is 3.29. The van der Waals surface area contributed by atoms with Crippen LogP contribution in [0.15, 0.2) is 12.1 Å². The second-order valence-corrected chi connectivity index (χ2v) is 6.82. The monoisotopic (exact) mass is 224 g/mol. The lowest BCUT2D eigenvalue weighted by Gasteiger charge is -2.32. The van der Waals surface area contributed by atoms with Crippen LogP contribution < -0.4 is 0 Å². The Labute approximate surface area is 101 Å². The van der Waals surface area contributed by atoms with Gasteiger partial charge in [-0.3, -0.25) is 0 Å². The molecule has 16 heavy (non-hydrogen) atoms. The lowest BCUT2D eigenvalue weighted by Crippen LogP contribution is -2.41. The highest BCUT2D eigenvalue weighted by Crippen LogP contribution is 2.37. The molecule has 2 nitrogen and oxygen atoms in total. The molecule has 1 aliphatic rings. The van der Waals surface area contributed by atoms with Crippen molar-refractivity contribution >= 4 is 7.12 Å². The van der Waals surface area contributed by atoms with Crippen molar-refractivity contribution in [1.29, 1.82) is 0 Å². The van der Waals surface area contributed by atoms with E-state index in [1.165, 1.54) is 0 Å². The maximum absolute atomic E-state index is 5.87. The summed E-state index contributed by atoms with van der Waals surface area (Å²) in [6.07, 6.45) is 3.19. The number of hydrogen-bond donors (Lipinski definition) is 0. The van der Waals surface area contributed by atoms with Gasteiger partial charge in [0.05, 0.1) is 11.2 Å². The Hall–Kier alpha value is -0.275. The quantitative estimate of drug-likeness (QED) is 0.667. The Morgan fingerprint density at radius 1 is 1.00 bits per heavy atom. The first-order valence-corrected chi connectivity index (χ1v) is 6.06. The summed E-state index contributed by atoms with van der Waals surface area (Å²) in [4.78, 5) is 0. The number of rotatable bonds is 2. The predicted octanol–water partition coefficient (Wildman–Crippen LogP) is 3.61. The Morgan fingerprint density at radius 2 is 1.44 bits per heavy atom. The molecule has 3 heteroatoms. The molecule has 1 fully saturated rings. The largest absolute Gasteiger partial charge is 0.486 e. The Balaban J connectivity index is 2.55. The molecule has 1 heterocycles. The first kappa shape index (κ1) is 13.8. The first-order chi connectivity index (χ1) is 7.04. The van der Waals surface area contributed by atoms with E-state index in [1.54, 1.807) is 0 Å². The minimum Gasteiger partial charge on any atom is -0.400 e. The van der Waals surface area contributed by atoms with E-state index in [4.69, 9.17) is 9.31 Å². The summed E-state index contributed by atoms with van der Waals surface area (Å²) >= 11 is 0. The minimum absolute atomic E-state index is 0.202. The van der Waals surface area contributed by atoms with Crippen molar-refractivity contribution in [2.24, 2.45) is 5.41 Å². The van der Waals surface area contributed by atoms with Crippen LogP contribution >= 0.6 is 0 Å². The van der Waals surface area contributed by atoms with Crippen molar-refractivity contribution in [2.75, 3.05) is 0 Å². The smallest absolute Gasteiger partial charge is 0.400 e. The highest BCUT2D eigenvalue weighted by atomic mass is 16.7. The van der Waals surface area contributed by atoms with Gasteiger partial charge in [-0.2, -0.15) is 0 Å². The van der Waals surface area contributed by atoms with Gasteiger partial charge in [-0.05, 0) is 39.5 Å². The molecule has 0 bridgehead atoms. The molecular weight excluding hydrogens is 199 g/mol. The summed E-state index contributed by atoms with van der Waals surface area (Å²) in [5.41, 5.74) is -0.145. The van der Waals surface area contributed by atoms with Crippen molar-refractivity contribution in [3.8, 4) is 0 Å².